The molecule has 0 aliphatic carbocycles. The van der Waals surface area contributed by atoms with Crippen molar-refractivity contribution in [2.45, 2.75) is 12.6 Å². The van der Waals surface area contributed by atoms with Crippen LogP contribution in [0.2, 0.25) is 0 Å². The maximum absolute atomic E-state index is 12.4. The van der Waals surface area contributed by atoms with Crippen LogP contribution >= 0.6 is 11.3 Å². The number of amides is 2. The van der Waals surface area contributed by atoms with Gasteiger partial charge in [-0.1, -0.05) is 6.07 Å². The minimum Gasteiger partial charge on any atom is -0.357 e. The molecule has 2 aromatic heterocycles. The number of nitrogens with zero attached hydrogens (tertiary/aromatic N) is 3. The van der Waals surface area contributed by atoms with Gasteiger partial charge in [-0.15, -0.1) is 11.3 Å². The second kappa shape index (κ2) is 6.15. The van der Waals surface area contributed by atoms with Crippen molar-refractivity contribution in [3.63, 3.8) is 0 Å². The van der Waals surface area contributed by atoms with Gasteiger partial charge in [-0.2, -0.15) is 5.10 Å². The highest BCUT2D eigenvalue weighted by Gasteiger charge is 2.31. The summed E-state index contributed by atoms with van der Waals surface area (Å²) in [6, 6.07) is 5.24. The van der Waals surface area contributed by atoms with E-state index in [1.165, 1.54) is 0 Å². The van der Waals surface area contributed by atoms with Crippen LogP contribution in [-0.4, -0.2) is 40.1 Å². The molecule has 1 aliphatic rings. The Hall–Kier alpha value is -2.41. The van der Waals surface area contributed by atoms with Crippen LogP contribution in [0.4, 0.5) is 0 Å². The lowest BCUT2D eigenvalue weighted by atomic mass is 10.1. The van der Waals surface area contributed by atoms with Crippen molar-refractivity contribution < 1.29 is 9.59 Å². The van der Waals surface area contributed by atoms with Crippen molar-refractivity contribution in [3.8, 4) is 0 Å². The van der Waals surface area contributed by atoms with E-state index in [-0.39, 0.29) is 11.8 Å². The molecule has 6 nitrogen and oxygen atoms in total. The van der Waals surface area contributed by atoms with E-state index in [2.05, 4.69) is 10.4 Å². The third-order valence-electron chi connectivity index (χ3n) is 3.59. The molecule has 1 aliphatic heterocycles. The van der Waals surface area contributed by atoms with E-state index < -0.39 is 6.04 Å². The fraction of sp³-hybridized carbons (Fsp3) is 0.267. The number of thiophene rings is 1. The Morgan fingerprint density at radius 2 is 2.32 bits per heavy atom. The van der Waals surface area contributed by atoms with Gasteiger partial charge in [-0.3, -0.25) is 14.3 Å². The lowest BCUT2D eigenvalue weighted by Gasteiger charge is -2.32. The van der Waals surface area contributed by atoms with E-state index in [1.807, 2.05) is 23.6 Å². The average Bonchev–Trinajstić information content (AvgIpc) is 3.21. The van der Waals surface area contributed by atoms with Crippen LogP contribution in [0.3, 0.4) is 0 Å². The van der Waals surface area contributed by atoms with Gasteiger partial charge >= 0.3 is 0 Å². The summed E-state index contributed by atoms with van der Waals surface area (Å²) in [5.74, 6) is -0.251. The number of fused-ring (bicyclic) bond motifs is 1. The summed E-state index contributed by atoms with van der Waals surface area (Å²) >= 11 is 1.57. The van der Waals surface area contributed by atoms with Crippen molar-refractivity contribution in [1.82, 2.24) is 20.0 Å². The van der Waals surface area contributed by atoms with E-state index >= 15 is 0 Å². The first-order valence-electron chi connectivity index (χ1n) is 6.93. The monoisotopic (exact) mass is 316 g/mol. The molecule has 0 fully saturated rings. The normalized spacial score (nSPS) is 17.5. The standard InChI is InChI=1S/C15H16N4O2S/c1-16-15(21)13-10-18(9-11-6-7-17-19(11)13)14(20)5-4-12-3-2-8-22-12/h2-8,13H,9-10H2,1H3,(H,16,21)/b5-4+/t13-/m1/s1. The fourth-order valence-electron chi connectivity index (χ4n) is 2.47. The number of rotatable bonds is 3. The molecule has 0 bridgehead atoms. The summed E-state index contributed by atoms with van der Waals surface area (Å²) in [5.41, 5.74) is 0.859. The van der Waals surface area contributed by atoms with Gasteiger partial charge in [-0.25, -0.2) is 0 Å². The molecular weight excluding hydrogens is 300 g/mol. The maximum atomic E-state index is 12.4. The molecule has 0 saturated carbocycles. The Balaban J connectivity index is 1.78. The number of aromatic nitrogens is 2. The van der Waals surface area contributed by atoms with Gasteiger partial charge in [0.25, 0.3) is 0 Å². The topological polar surface area (TPSA) is 67.2 Å². The van der Waals surface area contributed by atoms with Gasteiger partial charge in [0.05, 0.1) is 18.8 Å². The number of nitrogens with one attached hydrogen (secondary N) is 1. The SMILES string of the molecule is CNC(=O)[C@H]1CN(C(=O)/C=C/c2cccs2)Cc2ccnn21. The Morgan fingerprint density at radius 3 is 3.05 bits per heavy atom. The predicted molar refractivity (Wildman–Crippen MR) is 84.1 cm³/mol. The highest BCUT2D eigenvalue weighted by Crippen LogP contribution is 2.21. The first-order chi connectivity index (χ1) is 10.7. The zero-order valence-electron chi connectivity index (χ0n) is 12.1. The minimum atomic E-state index is -0.483. The molecule has 3 rings (SSSR count). The van der Waals surface area contributed by atoms with Crippen molar-refractivity contribution in [3.05, 3.63) is 46.4 Å². The maximum Gasteiger partial charge on any atom is 0.247 e. The Kier molecular flexibility index (Phi) is 4.06. The van der Waals surface area contributed by atoms with Crippen LogP contribution in [-0.2, 0) is 16.1 Å². The molecule has 2 amide bonds. The van der Waals surface area contributed by atoms with Crippen LogP contribution in [0.1, 0.15) is 16.6 Å². The second-order valence-corrected chi connectivity index (χ2v) is 5.94. The van der Waals surface area contributed by atoms with E-state index in [9.17, 15) is 9.59 Å². The van der Waals surface area contributed by atoms with Crippen LogP contribution in [0.15, 0.2) is 35.9 Å². The van der Waals surface area contributed by atoms with Gasteiger partial charge in [0, 0.05) is 24.2 Å². The Labute approximate surface area is 132 Å². The summed E-state index contributed by atoms with van der Waals surface area (Å²) in [6.07, 6.45) is 5.01. The van der Waals surface area contributed by atoms with Crippen LogP contribution < -0.4 is 5.32 Å². The van der Waals surface area contributed by atoms with Gasteiger partial charge < -0.3 is 10.2 Å². The predicted octanol–water partition coefficient (Wildman–Crippen LogP) is 1.29. The smallest absolute Gasteiger partial charge is 0.247 e. The quantitative estimate of drug-likeness (QED) is 0.868. The van der Waals surface area contributed by atoms with Gasteiger partial charge in [0.15, 0.2) is 0 Å². The molecule has 114 valence electrons. The molecule has 0 spiro atoms. The molecule has 0 radical (unpaired) electrons. The number of hydrogen-bond donors (Lipinski definition) is 1. The number of hydrogen-bond acceptors (Lipinski definition) is 4. The first-order valence-corrected chi connectivity index (χ1v) is 7.81. The van der Waals surface area contributed by atoms with E-state index in [4.69, 9.17) is 0 Å². The van der Waals surface area contributed by atoms with Crippen molar-refractivity contribution >= 4 is 29.2 Å². The average molecular weight is 316 g/mol. The third kappa shape index (κ3) is 2.80. The summed E-state index contributed by atoms with van der Waals surface area (Å²) in [6.45, 7) is 0.781. The lowest BCUT2D eigenvalue weighted by molar-refractivity contribution is -0.131. The second-order valence-electron chi connectivity index (χ2n) is 4.96. The van der Waals surface area contributed by atoms with E-state index in [0.717, 1.165) is 10.6 Å². The molecule has 1 N–H and O–H groups in total. The third-order valence-corrected chi connectivity index (χ3v) is 4.43. The van der Waals surface area contributed by atoms with E-state index in [0.29, 0.717) is 13.1 Å². The molecule has 0 aromatic carbocycles. The van der Waals surface area contributed by atoms with Crippen molar-refractivity contribution in [1.29, 1.82) is 0 Å². The summed E-state index contributed by atoms with van der Waals surface area (Å²) < 4.78 is 1.69. The molecule has 7 heteroatoms. The van der Waals surface area contributed by atoms with Crippen LogP contribution in [0, 0.1) is 0 Å². The van der Waals surface area contributed by atoms with E-state index in [1.54, 1.807) is 46.3 Å². The molecule has 1 atom stereocenters. The molecular formula is C15H16N4O2S. The van der Waals surface area contributed by atoms with Crippen LogP contribution in [0.5, 0.6) is 0 Å². The number of likely N-dealkylation sites (N-methyl/N-ethyl adjacent to an activating group) is 1. The van der Waals surface area contributed by atoms with Crippen LogP contribution in [0.25, 0.3) is 6.08 Å². The fourth-order valence-corrected chi connectivity index (χ4v) is 3.09. The Bertz CT molecular complexity index is 705. The zero-order valence-corrected chi connectivity index (χ0v) is 12.9. The molecule has 0 saturated heterocycles. The van der Waals surface area contributed by atoms with Crippen molar-refractivity contribution in [2.24, 2.45) is 0 Å². The van der Waals surface area contributed by atoms with Gasteiger partial charge in [0.1, 0.15) is 6.04 Å². The molecule has 22 heavy (non-hydrogen) atoms. The highest BCUT2D eigenvalue weighted by atomic mass is 32.1. The zero-order chi connectivity index (χ0) is 15.5. The first kappa shape index (κ1) is 14.5. The van der Waals surface area contributed by atoms with Gasteiger partial charge in [-0.05, 0) is 23.6 Å². The molecule has 2 aromatic rings. The van der Waals surface area contributed by atoms with Gasteiger partial charge in [0.2, 0.25) is 11.8 Å². The Morgan fingerprint density at radius 1 is 1.45 bits per heavy atom. The van der Waals surface area contributed by atoms with Crippen molar-refractivity contribution in [2.75, 3.05) is 13.6 Å². The minimum absolute atomic E-state index is 0.102. The molecule has 0 unspecified atom stereocenters. The lowest BCUT2D eigenvalue weighted by Crippen LogP contribution is -2.46. The number of carbonyl (C=O) groups is 2. The largest absolute Gasteiger partial charge is 0.357 e. The number of carbonyl (C=O) groups excluding carboxylic acids is 2. The molecule has 3 heterocycles. The summed E-state index contributed by atoms with van der Waals surface area (Å²) in [4.78, 5) is 27.1. The summed E-state index contributed by atoms with van der Waals surface area (Å²) in [5, 5.41) is 8.78. The highest BCUT2D eigenvalue weighted by molar-refractivity contribution is 7.10. The summed E-state index contributed by atoms with van der Waals surface area (Å²) in [7, 11) is 1.59.